The second-order valence-electron chi connectivity index (χ2n) is 18.2. The van der Waals surface area contributed by atoms with Gasteiger partial charge in [-0.3, -0.25) is 17.9 Å². The summed E-state index contributed by atoms with van der Waals surface area (Å²) in [6.45, 7) is 0. The Kier molecular flexibility index (Phi) is 7.46. The van der Waals surface area contributed by atoms with E-state index in [0.717, 1.165) is 117 Å². The molecule has 0 amide bonds. The topological polar surface area (TPSA) is 54.3 Å². The lowest BCUT2D eigenvalue weighted by Gasteiger charge is -2.17. The lowest BCUT2D eigenvalue weighted by Crippen LogP contribution is -2.02. The van der Waals surface area contributed by atoms with Crippen LogP contribution in [0.15, 0.2) is 231 Å². The summed E-state index contributed by atoms with van der Waals surface area (Å²) < 4.78 is 14.1. The Morgan fingerprint density at radius 2 is 0.629 bits per heavy atom. The third kappa shape index (κ3) is 4.88. The molecular weight excluding hydrogens is 857 g/mol. The van der Waals surface area contributed by atoms with E-state index in [1.807, 2.05) is 0 Å². The van der Waals surface area contributed by atoms with E-state index in [1.54, 1.807) is 0 Å². The third-order valence-corrected chi connectivity index (χ3v) is 14.6. The molecule has 6 heterocycles. The van der Waals surface area contributed by atoms with E-state index in [2.05, 4.69) is 258 Å². The van der Waals surface area contributed by atoms with Crippen molar-refractivity contribution in [3.63, 3.8) is 0 Å². The molecule has 8 heteroatoms. The molecule has 8 nitrogen and oxygen atoms in total. The number of hydrogen-bond donors (Lipinski definition) is 0. The number of para-hydroxylation sites is 10. The molecule has 0 bridgehead atoms. The smallest absolute Gasteiger partial charge is 0.220 e. The maximum absolute atomic E-state index is 5.71. The molecule has 0 radical (unpaired) electrons. The Balaban J connectivity index is 0.982. The summed E-state index contributed by atoms with van der Waals surface area (Å²) in [4.78, 5) is 11.4. The maximum atomic E-state index is 5.71. The minimum absolute atomic E-state index is 0.854. The Hall–Kier alpha value is -9.66. The summed E-state index contributed by atoms with van der Waals surface area (Å²) in [7, 11) is 0. The van der Waals surface area contributed by atoms with E-state index in [4.69, 9.17) is 9.97 Å². The predicted octanol–water partition coefficient (Wildman–Crippen LogP) is 15.0. The van der Waals surface area contributed by atoms with E-state index in [0.29, 0.717) is 0 Å². The first-order chi connectivity index (χ1) is 34.8. The number of benzene rings is 10. The number of hydrogen-bond acceptors (Lipinski definition) is 2. The van der Waals surface area contributed by atoms with Crippen molar-refractivity contribution in [2.75, 3.05) is 0 Å². The maximum Gasteiger partial charge on any atom is 0.220 e. The van der Waals surface area contributed by atoms with Crippen LogP contribution in [0.2, 0.25) is 0 Å². The second kappa shape index (κ2) is 13.9. The fraction of sp³-hybridized carbons (Fsp3) is 0. The Morgan fingerprint density at radius 3 is 1.19 bits per heavy atom. The van der Waals surface area contributed by atoms with Crippen LogP contribution in [0.4, 0.5) is 0 Å². The number of rotatable bonds is 5. The van der Waals surface area contributed by atoms with Crippen molar-refractivity contribution in [2.24, 2.45) is 0 Å². The van der Waals surface area contributed by atoms with Crippen LogP contribution in [-0.4, -0.2) is 37.0 Å². The normalized spacial score (nSPS) is 12.3. The molecule has 0 N–H and O–H groups in total. The Bertz CT molecular complexity index is 4830. The highest BCUT2D eigenvalue weighted by Crippen LogP contribution is 2.44. The molecule has 0 fully saturated rings. The first-order valence-corrected chi connectivity index (χ1v) is 23.8. The van der Waals surface area contributed by atoms with Crippen molar-refractivity contribution in [1.82, 2.24) is 37.0 Å². The predicted molar refractivity (Wildman–Crippen MR) is 287 cm³/mol. The molecule has 0 spiro atoms. The Labute approximate surface area is 399 Å². The fourth-order valence-corrected chi connectivity index (χ4v) is 11.8. The molecule has 10 aromatic carbocycles. The van der Waals surface area contributed by atoms with Crippen LogP contribution < -0.4 is 0 Å². The molecule has 0 aliphatic carbocycles. The van der Waals surface area contributed by atoms with Gasteiger partial charge in [0, 0.05) is 44.0 Å². The lowest BCUT2D eigenvalue weighted by atomic mass is 10.0. The number of nitrogens with zero attached hydrogens (tertiary/aromatic N) is 8. The molecule has 6 aromatic heterocycles. The van der Waals surface area contributed by atoms with Gasteiger partial charge in [-0.25, -0.2) is 9.97 Å². The van der Waals surface area contributed by atoms with E-state index in [1.165, 1.54) is 16.2 Å². The van der Waals surface area contributed by atoms with Gasteiger partial charge in [0.25, 0.3) is 0 Å². The van der Waals surface area contributed by atoms with Gasteiger partial charge in [-0.05, 0) is 97.1 Å². The first kappa shape index (κ1) is 37.4. The van der Waals surface area contributed by atoms with Gasteiger partial charge in [-0.15, -0.1) is 0 Å². The molecule has 16 aromatic rings. The highest BCUT2D eigenvalue weighted by Gasteiger charge is 2.26. The van der Waals surface area contributed by atoms with Gasteiger partial charge >= 0.3 is 0 Å². The van der Waals surface area contributed by atoms with Gasteiger partial charge < -0.3 is 9.13 Å². The van der Waals surface area contributed by atoms with Crippen molar-refractivity contribution >= 4 is 99.3 Å². The summed E-state index contributed by atoms with van der Waals surface area (Å²) in [5, 5.41) is 4.72. The van der Waals surface area contributed by atoms with Crippen LogP contribution >= 0.6 is 0 Å². The van der Waals surface area contributed by atoms with Crippen molar-refractivity contribution in [3.8, 4) is 33.9 Å². The van der Waals surface area contributed by atoms with Gasteiger partial charge in [0.1, 0.15) is 11.0 Å². The zero-order valence-corrected chi connectivity index (χ0v) is 37.5. The van der Waals surface area contributed by atoms with Crippen molar-refractivity contribution in [3.05, 3.63) is 231 Å². The van der Waals surface area contributed by atoms with E-state index in [9.17, 15) is 0 Å². The molecule has 0 unspecified atom stereocenters. The summed E-state index contributed by atoms with van der Waals surface area (Å²) in [6, 6.07) is 82.7. The van der Waals surface area contributed by atoms with Crippen molar-refractivity contribution in [2.45, 2.75) is 0 Å². The van der Waals surface area contributed by atoms with Crippen LogP contribution in [0, 0.1) is 0 Å². The average molecular weight is 895 g/mol. The van der Waals surface area contributed by atoms with Gasteiger partial charge in [0.2, 0.25) is 11.6 Å². The average Bonchev–Trinajstić information content (AvgIpc) is 4.27. The largest absolute Gasteiger partial charge is 0.307 e. The van der Waals surface area contributed by atoms with Crippen LogP contribution in [0.3, 0.4) is 0 Å². The monoisotopic (exact) mass is 894 g/mol. The minimum Gasteiger partial charge on any atom is -0.307 e. The van der Waals surface area contributed by atoms with Crippen molar-refractivity contribution in [1.29, 1.82) is 0 Å². The highest BCUT2D eigenvalue weighted by atomic mass is 15.2. The number of aromatic nitrogens is 8. The third-order valence-electron chi connectivity index (χ3n) is 14.6. The van der Waals surface area contributed by atoms with E-state index >= 15 is 0 Å². The lowest BCUT2D eigenvalue weighted by molar-refractivity contribution is 1.11. The van der Waals surface area contributed by atoms with Crippen molar-refractivity contribution < 1.29 is 0 Å². The van der Waals surface area contributed by atoms with E-state index in [-0.39, 0.29) is 0 Å². The highest BCUT2D eigenvalue weighted by molar-refractivity contribution is 6.20. The van der Waals surface area contributed by atoms with Crippen LogP contribution in [0.1, 0.15) is 0 Å². The van der Waals surface area contributed by atoms with Crippen LogP contribution in [0.25, 0.3) is 133 Å². The fourth-order valence-electron chi connectivity index (χ4n) is 11.8. The van der Waals surface area contributed by atoms with Gasteiger partial charge in [-0.2, -0.15) is 0 Å². The summed E-state index contributed by atoms with van der Waals surface area (Å²) in [6.07, 6.45) is 0. The summed E-state index contributed by atoms with van der Waals surface area (Å²) >= 11 is 0. The molecular formula is C62H38N8. The SMILES string of the molecule is c1ccc(-n2c3ccccc3c3ccc4c(nc5n(-c6ccccc6-c6ccccc6-n6c7ccccc7c7ccc8c(nc9n(-c%10ccccc%10)c%10ccccc%10n89)c76)c6ccccc6n45)c32)cc1. The molecule has 0 aliphatic heterocycles. The number of imidazole rings is 4. The van der Waals surface area contributed by atoms with Gasteiger partial charge in [0.05, 0.1) is 66.5 Å². The minimum atomic E-state index is 0.854. The van der Waals surface area contributed by atoms with E-state index < -0.39 is 0 Å². The first-order valence-electron chi connectivity index (χ1n) is 23.8. The molecule has 0 saturated heterocycles. The second-order valence-corrected chi connectivity index (χ2v) is 18.2. The van der Waals surface area contributed by atoms with Crippen LogP contribution in [-0.2, 0) is 0 Å². The zero-order valence-electron chi connectivity index (χ0n) is 37.5. The summed E-state index contributed by atoms with van der Waals surface area (Å²) in [5.74, 6) is 1.73. The molecule has 16 rings (SSSR count). The van der Waals surface area contributed by atoms with Gasteiger partial charge in [0.15, 0.2) is 0 Å². The molecule has 0 atom stereocenters. The molecule has 0 aliphatic rings. The molecule has 326 valence electrons. The number of fused-ring (bicyclic) bond motifs is 18. The standard InChI is InChI=1S/C62H38N8/c1-3-19-39(20-4-1)65-47-27-11-9-25-43(47)45-35-37-55-57(59(45)65)64-62-68(53-33-17-18-34-54(53)70(55)62)50-30-14-8-24-42(50)41-23-7-12-28-48(41)67-49-29-13-10-26-44(49)46-36-38-56-58(60(46)67)63-61-66(40-21-5-2-6-22-40)51-31-15-16-32-52(51)69(56)61/h1-38H. The summed E-state index contributed by atoms with van der Waals surface area (Å²) in [5.41, 5.74) is 19.3. The molecule has 0 saturated carbocycles. The zero-order chi connectivity index (χ0) is 45.6. The van der Waals surface area contributed by atoms with Crippen LogP contribution in [0.5, 0.6) is 0 Å². The van der Waals surface area contributed by atoms with Gasteiger partial charge in [-0.1, -0.05) is 133 Å². The Morgan fingerprint density at radius 1 is 0.243 bits per heavy atom. The molecule has 70 heavy (non-hydrogen) atoms. The quantitative estimate of drug-likeness (QED) is 0.173.